The SMILES string of the molecule is Cc1cc(/C(N)=N/O)nc(N2CCCN(C)CC2C)n1. The third kappa shape index (κ3) is 3.16. The maximum atomic E-state index is 8.79. The summed E-state index contributed by atoms with van der Waals surface area (Å²) in [6, 6.07) is 2.04. The van der Waals surface area contributed by atoms with Crippen LogP contribution < -0.4 is 10.6 Å². The van der Waals surface area contributed by atoms with Gasteiger partial charge >= 0.3 is 0 Å². The lowest BCUT2D eigenvalue weighted by Crippen LogP contribution is -2.39. The molecule has 20 heavy (non-hydrogen) atoms. The van der Waals surface area contributed by atoms with Crippen LogP contribution in [0.1, 0.15) is 24.7 Å². The highest BCUT2D eigenvalue weighted by atomic mass is 16.4. The third-order valence-electron chi connectivity index (χ3n) is 3.52. The summed E-state index contributed by atoms with van der Waals surface area (Å²) in [5, 5.41) is 11.8. The van der Waals surface area contributed by atoms with Crippen LogP contribution in [-0.4, -0.2) is 58.6 Å². The maximum Gasteiger partial charge on any atom is 0.226 e. The van der Waals surface area contributed by atoms with Gasteiger partial charge in [0.05, 0.1) is 0 Å². The fourth-order valence-corrected chi connectivity index (χ4v) is 2.53. The summed E-state index contributed by atoms with van der Waals surface area (Å²) in [5.41, 5.74) is 6.90. The van der Waals surface area contributed by atoms with Crippen LogP contribution in [0.4, 0.5) is 5.95 Å². The average molecular weight is 278 g/mol. The van der Waals surface area contributed by atoms with Gasteiger partial charge in [0.1, 0.15) is 5.69 Å². The minimum absolute atomic E-state index is 0.0105. The predicted molar refractivity (Wildman–Crippen MR) is 78.2 cm³/mol. The average Bonchev–Trinajstić information content (AvgIpc) is 2.57. The highest BCUT2D eigenvalue weighted by molar-refractivity contribution is 5.95. The number of nitrogens with zero attached hydrogens (tertiary/aromatic N) is 5. The monoisotopic (exact) mass is 278 g/mol. The molecule has 3 N–H and O–H groups in total. The van der Waals surface area contributed by atoms with E-state index in [1.165, 1.54) is 0 Å². The molecule has 0 radical (unpaired) electrons. The molecule has 1 saturated heterocycles. The molecule has 0 saturated carbocycles. The first-order chi connectivity index (χ1) is 9.51. The molecule has 2 rings (SSSR count). The zero-order chi connectivity index (χ0) is 14.7. The Kier molecular flexibility index (Phi) is 4.39. The van der Waals surface area contributed by atoms with Crippen molar-refractivity contribution in [2.75, 3.05) is 31.6 Å². The number of likely N-dealkylation sites (N-methyl/N-ethyl adjacent to an activating group) is 1. The van der Waals surface area contributed by atoms with Gasteiger partial charge in [0.2, 0.25) is 5.95 Å². The topological polar surface area (TPSA) is 90.9 Å². The number of nitrogens with two attached hydrogens (primary N) is 1. The van der Waals surface area contributed by atoms with Gasteiger partial charge in [-0.1, -0.05) is 5.16 Å². The molecular weight excluding hydrogens is 256 g/mol. The summed E-state index contributed by atoms with van der Waals surface area (Å²) in [6.45, 7) is 6.99. The van der Waals surface area contributed by atoms with Gasteiger partial charge in [0, 0.05) is 24.8 Å². The molecule has 0 aliphatic carbocycles. The summed E-state index contributed by atoms with van der Waals surface area (Å²) in [6.07, 6.45) is 1.07. The number of aromatic nitrogens is 2. The largest absolute Gasteiger partial charge is 0.409 e. The number of hydrogen-bond donors (Lipinski definition) is 2. The number of amidine groups is 1. The molecule has 1 fully saturated rings. The molecule has 1 unspecified atom stereocenters. The van der Waals surface area contributed by atoms with Gasteiger partial charge in [0.15, 0.2) is 5.84 Å². The van der Waals surface area contributed by atoms with Crippen molar-refractivity contribution in [3.63, 3.8) is 0 Å². The van der Waals surface area contributed by atoms with Crippen LogP contribution in [0, 0.1) is 6.92 Å². The predicted octanol–water partition coefficient (Wildman–Crippen LogP) is 0.410. The van der Waals surface area contributed by atoms with Crippen LogP contribution in [-0.2, 0) is 0 Å². The normalized spacial score (nSPS) is 21.9. The Balaban J connectivity index is 2.33. The van der Waals surface area contributed by atoms with E-state index in [9.17, 15) is 0 Å². The summed E-state index contributed by atoms with van der Waals surface area (Å²) in [7, 11) is 2.12. The molecule has 0 bridgehead atoms. The van der Waals surface area contributed by atoms with Crippen LogP contribution in [0.2, 0.25) is 0 Å². The molecule has 0 aromatic carbocycles. The van der Waals surface area contributed by atoms with Crippen molar-refractivity contribution in [1.82, 2.24) is 14.9 Å². The first-order valence-electron chi connectivity index (χ1n) is 6.80. The second kappa shape index (κ2) is 6.04. The van der Waals surface area contributed by atoms with Crippen molar-refractivity contribution in [1.29, 1.82) is 0 Å². The van der Waals surface area contributed by atoms with Gasteiger partial charge in [-0.05, 0) is 39.9 Å². The Hall–Kier alpha value is -1.89. The van der Waals surface area contributed by atoms with Gasteiger partial charge in [-0.15, -0.1) is 0 Å². The summed E-state index contributed by atoms with van der Waals surface area (Å²) >= 11 is 0. The Bertz CT molecular complexity index is 504. The van der Waals surface area contributed by atoms with Crippen LogP contribution in [0.15, 0.2) is 11.2 Å². The lowest BCUT2D eigenvalue weighted by atomic mass is 10.2. The van der Waals surface area contributed by atoms with E-state index in [1.807, 2.05) is 6.92 Å². The molecule has 1 atom stereocenters. The van der Waals surface area contributed by atoms with Crippen LogP contribution in [0.3, 0.4) is 0 Å². The molecule has 0 spiro atoms. The number of aryl methyl sites for hydroxylation is 1. The van der Waals surface area contributed by atoms with E-state index < -0.39 is 0 Å². The molecule has 1 aromatic rings. The second-order valence-electron chi connectivity index (χ2n) is 5.34. The molecule has 7 heteroatoms. The molecule has 0 amide bonds. The van der Waals surface area contributed by atoms with Crippen molar-refractivity contribution in [3.8, 4) is 0 Å². The van der Waals surface area contributed by atoms with Crippen molar-refractivity contribution in [2.24, 2.45) is 10.9 Å². The lowest BCUT2D eigenvalue weighted by Gasteiger charge is -2.28. The van der Waals surface area contributed by atoms with E-state index in [-0.39, 0.29) is 5.84 Å². The van der Waals surface area contributed by atoms with E-state index in [0.717, 1.165) is 31.7 Å². The van der Waals surface area contributed by atoms with E-state index in [0.29, 0.717) is 17.7 Å². The summed E-state index contributed by atoms with van der Waals surface area (Å²) in [5.74, 6) is 0.658. The van der Waals surface area contributed by atoms with Crippen LogP contribution in [0.25, 0.3) is 0 Å². The first kappa shape index (κ1) is 14.5. The van der Waals surface area contributed by atoms with Gasteiger partial charge in [0.25, 0.3) is 0 Å². The molecule has 2 heterocycles. The molecule has 7 nitrogen and oxygen atoms in total. The molecule has 1 aromatic heterocycles. The number of hydrogen-bond acceptors (Lipinski definition) is 6. The fourth-order valence-electron chi connectivity index (χ4n) is 2.53. The smallest absolute Gasteiger partial charge is 0.226 e. The molecular formula is C13H22N6O. The Morgan fingerprint density at radius 3 is 2.90 bits per heavy atom. The minimum Gasteiger partial charge on any atom is -0.409 e. The van der Waals surface area contributed by atoms with Crippen molar-refractivity contribution in [2.45, 2.75) is 26.3 Å². The lowest BCUT2D eigenvalue weighted by molar-refractivity contribution is 0.318. The Morgan fingerprint density at radius 2 is 2.20 bits per heavy atom. The van der Waals surface area contributed by atoms with Crippen LogP contribution in [0.5, 0.6) is 0 Å². The molecule has 1 aliphatic heterocycles. The van der Waals surface area contributed by atoms with Crippen molar-refractivity contribution >= 4 is 11.8 Å². The fraction of sp³-hybridized carbons (Fsp3) is 0.615. The molecule has 1 aliphatic rings. The van der Waals surface area contributed by atoms with Gasteiger partial charge in [-0.2, -0.15) is 0 Å². The summed E-state index contributed by atoms with van der Waals surface area (Å²) in [4.78, 5) is 13.4. The Morgan fingerprint density at radius 1 is 1.45 bits per heavy atom. The van der Waals surface area contributed by atoms with Gasteiger partial charge < -0.3 is 20.7 Å². The van der Waals surface area contributed by atoms with Crippen LogP contribution >= 0.6 is 0 Å². The minimum atomic E-state index is 0.0105. The zero-order valence-corrected chi connectivity index (χ0v) is 12.2. The number of oxime groups is 1. The van der Waals surface area contributed by atoms with Gasteiger partial charge in [-0.25, -0.2) is 9.97 Å². The van der Waals surface area contributed by atoms with E-state index in [4.69, 9.17) is 10.9 Å². The maximum absolute atomic E-state index is 8.79. The second-order valence-corrected chi connectivity index (χ2v) is 5.34. The quantitative estimate of drug-likeness (QED) is 0.352. The standard InChI is InChI=1S/C13H22N6O/c1-9-7-11(12(14)17-20)16-13(15-9)19-6-4-5-18(3)8-10(19)2/h7,10,20H,4-6,8H2,1-3H3,(H2,14,17). The summed E-state index contributed by atoms with van der Waals surface area (Å²) < 4.78 is 0. The van der Waals surface area contributed by atoms with E-state index in [2.05, 4.69) is 38.9 Å². The highest BCUT2D eigenvalue weighted by Gasteiger charge is 2.22. The van der Waals surface area contributed by atoms with E-state index in [1.54, 1.807) is 6.07 Å². The van der Waals surface area contributed by atoms with Gasteiger partial charge in [-0.3, -0.25) is 0 Å². The van der Waals surface area contributed by atoms with Crippen molar-refractivity contribution < 1.29 is 5.21 Å². The first-order valence-corrected chi connectivity index (χ1v) is 6.80. The molecule has 110 valence electrons. The highest BCUT2D eigenvalue weighted by Crippen LogP contribution is 2.17. The Labute approximate surface area is 119 Å². The third-order valence-corrected chi connectivity index (χ3v) is 3.52. The van der Waals surface area contributed by atoms with Crippen molar-refractivity contribution in [3.05, 3.63) is 17.5 Å². The number of anilines is 1. The number of rotatable bonds is 2. The van der Waals surface area contributed by atoms with E-state index >= 15 is 0 Å². The zero-order valence-electron chi connectivity index (χ0n) is 12.2.